The zero-order chi connectivity index (χ0) is 14.3. The van der Waals surface area contributed by atoms with Crippen LogP contribution in [0.15, 0.2) is 0 Å². The van der Waals surface area contributed by atoms with Crippen LogP contribution in [0, 0.1) is 0 Å². The molecule has 0 aromatic rings. The molecule has 0 bridgehead atoms. The Hall–Kier alpha value is -0.640. The Bertz CT molecular complexity index is 244. The highest BCUT2D eigenvalue weighted by molar-refractivity contribution is 7.80. The Morgan fingerprint density at radius 3 is 1.74 bits per heavy atom. The Kier molecular flexibility index (Phi) is 13.3. The van der Waals surface area contributed by atoms with Crippen LogP contribution < -0.4 is 11.1 Å². The molecule has 19 heavy (non-hydrogen) atoms. The monoisotopic (exact) mass is 286 g/mol. The largest absolute Gasteiger partial charge is 0.376 e. The molecule has 0 heterocycles. The van der Waals surface area contributed by atoms with E-state index in [1.165, 1.54) is 57.8 Å². The lowest BCUT2D eigenvalue weighted by Gasteiger charge is -2.03. The highest BCUT2D eigenvalue weighted by Gasteiger charge is 2.01. The van der Waals surface area contributed by atoms with Crippen molar-refractivity contribution in [2.75, 3.05) is 0 Å². The number of thiocarbonyl (C=S) groups is 1. The third-order valence-electron chi connectivity index (χ3n) is 3.27. The Labute approximate surface area is 123 Å². The van der Waals surface area contributed by atoms with Crippen LogP contribution >= 0.6 is 12.2 Å². The molecule has 0 aliphatic heterocycles. The van der Waals surface area contributed by atoms with Crippen molar-refractivity contribution in [3.05, 3.63) is 0 Å². The van der Waals surface area contributed by atoms with Gasteiger partial charge in [-0.2, -0.15) is 0 Å². The second kappa shape index (κ2) is 13.8. The van der Waals surface area contributed by atoms with Gasteiger partial charge in [-0.15, -0.1) is 0 Å². The number of carbonyl (C=O) groups is 1. The summed E-state index contributed by atoms with van der Waals surface area (Å²) in [7, 11) is 0. The lowest BCUT2D eigenvalue weighted by Crippen LogP contribution is -2.34. The molecule has 0 saturated carbocycles. The van der Waals surface area contributed by atoms with Crippen LogP contribution in [0.2, 0.25) is 0 Å². The van der Waals surface area contributed by atoms with E-state index in [0.717, 1.165) is 12.8 Å². The topological polar surface area (TPSA) is 55.1 Å². The van der Waals surface area contributed by atoms with Crippen molar-refractivity contribution in [1.29, 1.82) is 0 Å². The van der Waals surface area contributed by atoms with Crippen molar-refractivity contribution in [2.45, 2.75) is 84.0 Å². The van der Waals surface area contributed by atoms with Gasteiger partial charge in [0.1, 0.15) is 0 Å². The van der Waals surface area contributed by atoms with E-state index in [2.05, 4.69) is 24.5 Å². The van der Waals surface area contributed by atoms with E-state index in [0.29, 0.717) is 6.42 Å². The quantitative estimate of drug-likeness (QED) is 0.420. The number of rotatable bonds is 12. The van der Waals surface area contributed by atoms with Gasteiger partial charge in [0.15, 0.2) is 5.11 Å². The van der Waals surface area contributed by atoms with Gasteiger partial charge >= 0.3 is 0 Å². The maximum absolute atomic E-state index is 11.2. The molecule has 0 radical (unpaired) electrons. The molecular weight excluding hydrogens is 256 g/mol. The summed E-state index contributed by atoms with van der Waals surface area (Å²) in [6.45, 7) is 2.25. The van der Waals surface area contributed by atoms with E-state index < -0.39 is 0 Å². The summed E-state index contributed by atoms with van der Waals surface area (Å²) in [5.41, 5.74) is 5.22. The first-order valence-corrected chi connectivity index (χ1v) is 8.17. The second-order valence-corrected chi connectivity index (χ2v) is 5.64. The van der Waals surface area contributed by atoms with Crippen LogP contribution in [0.4, 0.5) is 0 Å². The molecule has 3 N–H and O–H groups in total. The lowest BCUT2D eigenvalue weighted by molar-refractivity contribution is -0.119. The van der Waals surface area contributed by atoms with Gasteiger partial charge < -0.3 is 11.1 Å². The van der Waals surface area contributed by atoms with Crippen molar-refractivity contribution in [2.24, 2.45) is 5.73 Å². The number of nitrogens with one attached hydrogen (secondary N) is 1. The number of carbonyl (C=O) groups excluding carboxylic acids is 1. The summed E-state index contributed by atoms with van der Waals surface area (Å²) in [4.78, 5) is 11.2. The van der Waals surface area contributed by atoms with Crippen molar-refractivity contribution >= 4 is 23.2 Å². The zero-order valence-corrected chi connectivity index (χ0v) is 13.2. The average molecular weight is 286 g/mol. The SMILES string of the molecule is CCCCCCCCCCCCCC(=O)NC(N)=S. The molecule has 0 aromatic carbocycles. The van der Waals surface area contributed by atoms with E-state index in [1.807, 2.05) is 0 Å². The number of amides is 1. The van der Waals surface area contributed by atoms with Crippen LogP contribution in [-0.2, 0) is 4.79 Å². The minimum Gasteiger partial charge on any atom is -0.376 e. The third-order valence-corrected chi connectivity index (χ3v) is 3.37. The standard InChI is InChI=1S/C15H30N2OS/c1-2-3-4-5-6-7-8-9-10-11-12-13-14(18)17-15(16)19/h2-13H2,1H3,(H3,16,17,18,19). The summed E-state index contributed by atoms with van der Waals surface area (Å²) in [5.74, 6) is -0.0524. The highest BCUT2D eigenvalue weighted by atomic mass is 32.1. The predicted octanol–water partition coefficient (Wildman–Crippen LogP) is 4.05. The molecule has 112 valence electrons. The smallest absolute Gasteiger partial charge is 0.226 e. The second-order valence-electron chi connectivity index (χ2n) is 5.20. The molecule has 0 unspecified atom stereocenters. The molecule has 0 fully saturated rings. The van der Waals surface area contributed by atoms with Crippen LogP contribution in [0.5, 0.6) is 0 Å². The molecule has 0 saturated heterocycles. The van der Waals surface area contributed by atoms with Crippen LogP contribution in [0.25, 0.3) is 0 Å². The molecule has 4 heteroatoms. The van der Waals surface area contributed by atoms with Gasteiger partial charge in [0.25, 0.3) is 0 Å². The van der Waals surface area contributed by atoms with Crippen molar-refractivity contribution < 1.29 is 4.79 Å². The zero-order valence-electron chi connectivity index (χ0n) is 12.4. The third kappa shape index (κ3) is 15.3. The molecule has 3 nitrogen and oxygen atoms in total. The van der Waals surface area contributed by atoms with E-state index in [1.54, 1.807) is 0 Å². The van der Waals surface area contributed by atoms with Crippen LogP contribution in [0.1, 0.15) is 84.0 Å². The Morgan fingerprint density at radius 2 is 1.32 bits per heavy atom. The first-order chi connectivity index (χ1) is 9.16. The minimum atomic E-state index is -0.0524. The first kappa shape index (κ1) is 18.4. The van der Waals surface area contributed by atoms with Crippen LogP contribution in [-0.4, -0.2) is 11.0 Å². The number of hydrogen-bond donors (Lipinski definition) is 2. The van der Waals surface area contributed by atoms with E-state index >= 15 is 0 Å². The molecule has 1 amide bonds. The van der Waals surface area contributed by atoms with E-state index in [4.69, 9.17) is 5.73 Å². The molecule has 0 aliphatic carbocycles. The summed E-state index contributed by atoms with van der Waals surface area (Å²) >= 11 is 4.60. The molecule has 0 aliphatic rings. The Morgan fingerprint density at radius 1 is 0.895 bits per heavy atom. The first-order valence-electron chi connectivity index (χ1n) is 7.76. The summed E-state index contributed by atoms with van der Waals surface area (Å²) in [5, 5.41) is 2.53. The number of hydrogen-bond acceptors (Lipinski definition) is 2. The Balaban J connectivity index is 3.10. The predicted molar refractivity (Wildman–Crippen MR) is 86.0 cm³/mol. The van der Waals surface area contributed by atoms with Gasteiger partial charge in [-0.3, -0.25) is 4.79 Å². The minimum absolute atomic E-state index is 0.0524. The fourth-order valence-electron chi connectivity index (χ4n) is 2.15. The molecule has 0 atom stereocenters. The molecular formula is C15H30N2OS. The van der Waals surface area contributed by atoms with Gasteiger partial charge in [-0.25, -0.2) is 0 Å². The van der Waals surface area contributed by atoms with Crippen molar-refractivity contribution in [3.63, 3.8) is 0 Å². The van der Waals surface area contributed by atoms with Gasteiger partial charge in [-0.05, 0) is 18.6 Å². The van der Waals surface area contributed by atoms with Gasteiger partial charge in [-0.1, -0.05) is 71.1 Å². The molecule has 0 spiro atoms. The van der Waals surface area contributed by atoms with Crippen LogP contribution in [0.3, 0.4) is 0 Å². The van der Waals surface area contributed by atoms with E-state index in [-0.39, 0.29) is 11.0 Å². The fourth-order valence-corrected chi connectivity index (χ4v) is 2.26. The highest BCUT2D eigenvalue weighted by Crippen LogP contribution is 2.11. The normalized spacial score (nSPS) is 10.4. The summed E-state index contributed by atoms with van der Waals surface area (Å²) < 4.78 is 0. The molecule has 0 rings (SSSR count). The van der Waals surface area contributed by atoms with Crippen molar-refractivity contribution in [1.82, 2.24) is 5.32 Å². The molecule has 0 aromatic heterocycles. The lowest BCUT2D eigenvalue weighted by atomic mass is 10.1. The maximum Gasteiger partial charge on any atom is 0.226 e. The van der Waals surface area contributed by atoms with Gasteiger partial charge in [0.05, 0.1) is 0 Å². The summed E-state index contributed by atoms with van der Waals surface area (Å²) in [6.07, 6.45) is 14.7. The summed E-state index contributed by atoms with van der Waals surface area (Å²) in [6, 6.07) is 0. The average Bonchev–Trinajstić information content (AvgIpc) is 2.35. The fraction of sp³-hybridized carbons (Fsp3) is 0.867. The van der Waals surface area contributed by atoms with Gasteiger partial charge in [0, 0.05) is 6.42 Å². The van der Waals surface area contributed by atoms with E-state index in [9.17, 15) is 4.79 Å². The van der Waals surface area contributed by atoms with Gasteiger partial charge in [0.2, 0.25) is 5.91 Å². The maximum atomic E-state index is 11.2. The number of unbranched alkanes of at least 4 members (excludes halogenated alkanes) is 10. The van der Waals surface area contributed by atoms with Crippen molar-refractivity contribution in [3.8, 4) is 0 Å². The number of nitrogens with two attached hydrogens (primary N) is 1.